The Morgan fingerprint density at radius 2 is 2.08 bits per heavy atom. The normalized spacial score (nSPS) is 8.62. The molecule has 0 unspecified atom stereocenters. The van der Waals surface area contributed by atoms with Crippen molar-refractivity contribution in [2.75, 3.05) is 0 Å². The Balaban J connectivity index is 0.00000144. The third-order valence-corrected chi connectivity index (χ3v) is 1.30. The van der Waals surface area contributed by atoms with Gasteiger partial charge in [-0.1, -0.05) is 6.07 Å². The molecule has 0 fully saturated rings. The molecule has 0 bridgehead atoms. The fourth-order valence-corrected chi connectivity index (χ4v) is 0.753. The third-order valence-electron chi connectivity index (χ3n) is 1.30. The summed E-state index contributed by atoms with van der Waals surface area (Å²) < 4.78 is 0. The first-order chi connectivity index (χ1) is 5.61. The Morgan fingerprint density at radius 1 is 1.46 bits per heavy atom. The average Bonchev–Trinajstić information content (AvgIpc) is 2.04. The van der Waals surface area contributed by atoms with Crippen molar-refractivity contribution in [2.24, 2.45) is 0 Å². The van der Waals surface area contributed by atoms with Crippen LogP contribution >= 0.6 is 12.4 Å². The number of nitro benzene ring substituents is 1. The Hall–Kier alpha value is -1.62. The standard InChI is InChI=1S/C7H5NO4.ClH/c9-7(10)5-2-1-3-6(4-5)8(11)12;/h1-4H,(H,9,10);1H. The quantitative estimate of drug-likeness (QED) is 0.586. The molecule has 0 spiro atoms. The lowest BCUT2D eigenvalue weighted by molar-refractivity contribution is -0.384. The highest BCUT2D eigenvalue weighted by Gasteiger charge is 2.08. The van der Waals surface area contributed by atoms with Gasteiger partial charge in [0.15, 0.2) is 0 Å². The second-order valence-electron chi connectivity index (χ2n) is 2.11. The summed E-state index contributed by atoms with van der Waals surface area (Å²) in [5.74, 6) is -1.17. The van der Waals surface area contributed by atoms with Gasteiger partial charge in [0.25, 0.3) is 5.69 Å². The van der Waals surface area contributed by atoms with Crippen LogP contribution in [0.5, 0.6) is 0 Å². The number of carbonyl (C=O) groups is 1. The van der Waals surface area contributed by atoms with Crippen LogP contribution in [0.15, 0.2) is 24.3 Å². The minimum absolute atomic E-state index is 0. The predicted octanol–water partition coefficient (Wildman–Crippen LogP) is 1.71. The van der Waals surface area contributed by atoms with Gasteiger partial charge in [-0.25, -0.2) is 4.79 Å². The molecule has 70 valence electrons. The summed E-state index contributed by atoms with van der Waals surface area (Å²) in [6.07, 6.45) is 0. The van der Waals surface area contributed by atoms with Crippen molar-refractivity contribution in [3.05, 3.63) is 39.9 Å². The lowest BCUT2D eigenvalue weighted by atomic mass is 10.2. The van der Waals surface area contributed by atoms with Gasteiger partial charge in [-0.3, -0.25) is 10.1 Å². The summed E-state index contributed by atoms with van der Waals surface area (Å²) in [6.45, 7) is 0. The number of aromatic carboxylic acids is 1. The van der Waals surface area contributed by atoms with E-state index in [-0.39, 0.29) is 23.7 Å². The summed E-state index contributed by atoms with van der Waals surface area (Å²) in [4.78, 5) is 19.9. The minimum atomic E-state index is -1.17. The minimum Gasteiger partial charge on any atom is -0.478 e. The van der Waals surface area contributed by atoms with Crippen molar-refractivity contribution in [1.29, 1.82) is 0 Å². The number of rotatable bonds is 2. The molecule has 0 aliphatic rings. The van der Waals surface area contributed by atoms with Crippen LogP contribution in [-0.2, 0) is 0 Å². The number of carboxylic acids is 1. The molecule has 0 saturated heterocycles. The number of nitrogens with zero attached hydrogens (tertiary/aromatic N) is 1. The van der Waals surface area contributed by atoms with Crippen LogP contribution in [0.1, 0.15) is 10.4 Å². The molecule has 0 atom stereocenters. The van der Waals surface area contributed by atoms with E-state index < -0.39 is 10.9 Å². The van der Waals surface area contributed by atoms with Gasteiger partial charge in [0.05, 0.1) is 10.5 Å². The van der Waals surface area contributed by atoms with E-state index >= 15 is 0 Å². The van der Waals surface area contributed by atoms with Crippen molar-refractivity contribution in [2.45, 2.75) is 0 Å². The molecule has 0 amide bonds. The monoisotopic (exact) mass is 203 g/mol. The molecule has 0 aliphatic carbocycles. The van der Waals surface area contributed by atoms with Gasteiger partial charge in [-0.15, -0.1) is 12.4 Å². The molecule has 13 heavy (non-hydrogen) atoms. The maximum absolute atomic E-state index is 10.4. The number of benzene rings is 1. The van der Waals surface area contributed by atoms with Crippen LogP contribution < -0.4 is 0 Å². The van der Waals surface area contributed by atoms with Gasteiger partial charge in [-0.05, 0) is 6.07 Å². The molecule has 0 saturated carbocycles. The predicted molar refractivity (Wildman–Crippen MR) is 47.3 cm³/mol. The lowest BCUT2D eigenvalue weighted by Crippen LogP contribution is -1.97. The lowest BCUT2D eigenvalue weighted by Gasteiger charge is -1.92. The number of halogens is 1. The Bertz CT molecular complexity index is 310. The van der Waals surface area contributed by atoms with Crippen molar-refractivity contribution in [3.63, 3.8) is 0 Å². The second kappa shape index (κ2) is 4.42. The summed E-state index contributed by atoms with van der Waals surface area (Å²) in [7, 11) is 0. The third kappa shape index (κ3) is 2.72. The summed E-state index contributed by atoms with van der Waals surface area (Å²) in [5, 5.41) is 18.7. The van der Waals surface area contributed by atoms with E-state index in [1.54, 1.807) is 0 Å². The van der Waals surface area contributed by atoms with E-state index in [1.165, 1.54) is 18.2 Å². The van der Waals surface area contributed by atoms with Crippen molar-refractivity contribution in [3.8, 4) is 0 Å². The molecule has 1 N–H and O–H groups in total. The van der Waals surface area contributed by atoms with Gasteiger partial charge in [0.1, 0.15) is 0 Å². The Morgan fingerprint density at radius 3 is 2.54 bits per heavy atom. The van der Waals surface area contributed by atoms with Gasteiger partial charge in [0, 0.05) is 12.1 Å². The molecule has 0 radical (unpaired) electrons. The zero-order valence-corrected chi connectivity index (χ0v) is 7.15. The molecule has 5 nitrogen and oxygen atoms in total. The SMILES string of the molecule is Cl.O=C(O)c1cccc([N+](=O)[O-])c1. The topological polar surface area (TPSA) is 80.4 Å². The van der Waals surface area contributed by atoms with Gasteiger partial charge >= 0.3 is 5.97 Å². The molecule has 0 aromatic heterocycles. The Labute approximate surface area is 79.6 Å². The largest absolute Gasteiger partial charge is 0.478 e. The average molecular weight is 204 g/mol. The van der Waals surface area contributed by atoms with Crippen LogP contribution in [-0.4, -0.2) is 16.0 Å². The molecule has 6 heteroatoms. The molecular formula is C7H6ClNO4. The first kappa shape index (κ1) is 11.4. The first-order valence-electron chi connectivity index (χ1n) is 3.09. The zero-order valence-electron chi connectivity index (χ0n) is 6.34. The maximum atomic E-state index is 10.4. The van der Waals surface area contributed by atoms with Gasteiger partial charge in [-0.2, -0.15) is 0 Å². The van der Waals surface area contributed by atoms with Crippen molar-refractivity contribution >= 4 is 24.1 Å². The van der Waals surface area contributed by atoms with Gasteiger partial charge < -0.3 is 5.11 Å². The summed E-state index contributed by atoms with van der Waals surface area (Å²) >= 11 is 0. The van der Waals surface area contributed by atoms with Crippen LogP contribution in [0.3, 0.4) is 0 Å². The molecule has 0 aliphatic heterocycles. The van der Waals surface area contributed by atoms with E-state index in [9.17, 15) is 14.9 Å². The number of non-ortho nitro benzene ring substituents is 1. The smallest absolute Gasteiger partial charge is 0.335 e. The number of nitro groups is 1. The molecule has 1 rings (SSSR count). The molecule has 0 heterocycles. The first-order valence-corrected chi connectivity index (χ1v) is 3.09. The molecular weight excluding hydrogens is 198 g/mol. The highest BCUT2D eigenvalue weighted by molar-refractivity contribution is 5.88. The van der Waals surface area contributed by atoms with E-state index in [1.807, 2.05) is 0 Å². The van der Waals surface area contributed by atoms with E-state index in [4.69, 9.17) is 5.11 Å². The van der Waals surface area contributed by atoms with Crippen molar-refractivity contribution in [1.82, 2.24) is 0 Å². The fourth-order valence-electron chi connectivity index (χ4n) is 0.753. The van der Waals surface area contributed by atoms with Crippen LogP contribution in [0.4, 0.5) is 5.69 Å². The molecule has 1 aromatic carbocycles. The number of carboxylic acid groups (broad SMARTS) is 1. The summed E-state index contributed by atoms with van der Waals surface area (Å²) in [5.41, 5.74) is -0.292. The second-order valence-corrected chi connectivity index (χ2v) is 2.11. The summed E-state index contributed by atoms with van der Waals surface area (Å²) in [6, 6.07) is 4.89. The zero-order chi connectivity index (χ0) is 9.14. The number of hydrogen-bond donors (Lipinski definition) is 1. The van der Waals surface area contributed by atoms with Gasteiger partial charge in [0.2, 0.25) is 0 Å². The highest BCUT2D eigenvalue weighted by atomic mass is 35.5. The fraction of sp³-hybridized carbons (Fsp3) is 0. The van der Waals surface area contributed by atoms with Crippen LogP contribution in [0.25, 0.3) is 0 Å². The maximum Gasteiger partial charge on any atom is 0.335 e. The van der Waals surface area contributed by atoms with E-state index in [2.05, 4.69) is 0 Å². The van der Waals surface area contributed by atoms with Crippen LogP contribution in [0, 0.1) is 10.1 Å². The van der Waals surface area contributed by atoms with E-state index in [0.717, 1.165) is 6.07 Å². The highest BCUT2D eigenvalue weighted by Crippen LogP contribution is 2.12. The number of hydrogen-bond acceptors (Lipinski definition) is 3. The molecule has 1 aromatic rings. The van der Waals surface area contributed by atoms with Crippen molar-refractivity contribution < 1.29 is 14.8 Å². The van der Waals surface area contributed by atoms with Crippen LogP contribution in [0.2, 0.25) is 0 Å². The van der Waals surface area contributed by atoms with E-state index in [0.29, 0.717) is 0 Å². The Kier molecular flexibility index (Phi) is 3.87.